The second kappa shape index (κ2) is 11.0. The summed E-state index contributed by atoms with van der Waals surface area (Å²) in [5.41, 5.74) is 3.89. The lowest BCUT2D eigenvalue weighted by atomic mass is 9.95. The maximum atomic E-state index is 14.1. The Bertz CT molecular complexity index is 1740. The number of hydrogen-bond donors (Lipinski definition) is 1. The van der Waals surface area contributed by atoms with Gasteiger partial charge in [0.2, 0.25) is 0 Å². The monoisotopic (exact) mass is 646 g/mol. The van der Waals surface area contributed by atoms with E-state index in [0.29, 0.717) is 16.7 Å². The lowest BCUT2D eigenvalue weighted by molar-refractivity contribution is -0.150. The number of ether oxygens (including phenoxy) is 1. The van der Waals surface area contributed by atoms with Gasteiger partial charge in [-0.1, -0.05) is 17.4 Å². The Morgan fingerprint density at radius 1 is 1.26 bits per heavy atom. The maximum absolute atomic E-state index is 14.1. The second-order valence-electron chi connectivity index (χ2n) is 9.92. The molecule has 0 spiro atoms. The van der Waals surface area contributed by atoms with Gasteiger partial charge < -0.3 is 20.3 Å². The van der Waals surface area contributed by atoms with E-state index in [-0.39, 0.29) is 45.6 Å². The van der Waals surface area contributed by atoms with Crippen molar-refractivity contribution in [3.8, 4) is 0 Å². The van der Waals surface area contributed by atoms with Crippen LogP contribution in [0.25, 0.3) is 10.8 Å². The summed E-state index contributed by atoms with van der Waals surface area (Å²) in [6.07, 6.45) is -3.83. The van der Waals surface area contributed by atoms with Crippen LogP contribution >= 0.6 is 11.3 Å². The first kappa shape index (κ1) is 30.5. The zero-order chi connectivity index (χ0) is 31.3. The topological polar surface area (TPSA) is 148 Å². The van der Waals surface area contributed by atoms with Crippen molar-refractivity contribution in [1.82, 2.24) is 14.9 Å². The maximum Gasteiger partial charge on any atom is 0.416 e. The number of esters is 1. The molecule has 0 saturated carbocycles. The van der Waals surface area contributed by atoms with Crippen molar-refractivity contribution in [2.24, 2.45) is 4.40 Å². The molecule has 1 atom stereocenters. The minimum atomic E-state index is -4.85. The Kier molecular flexibility index (Phi) is 7.78. The van der Waals surface area contributed by atoms with E-state index in [1.165, 1.54) is 23.2 Å². The molecule has 2 aliphatic heterocycles. The Labute approximate surface area is 245 Å². The number of nitrogens with two attached hydrogens (primary N) is 1. The lowest BCUT2D eigenvalue weighted by Gasteiger charge is -2.26. The summed E-state index contributed by atoms with van der Waals surface area (Å²) in [7, 11) is -3.50. The van der Waals surface area contributed by atoms with Gasteiger partial charge in [-0.15, -0.1) is 0 Å². The van der Waals surface area contributed by atoms with Crippen LogP contribution in [0.15, 0.2) is 39.2 Å². The van der Waals surface area contributed by atoms with E-state index in [2.05, 4.69) is 14.4 Å². The summed E-state index contributed by atoms with van der Waals surface area (Å²) in [6.45, 7) is -0.863. The molecule has 2 aromatic heterocycles. The van der Waals surface area contributed by atoms with Crippen LogP contribution in [0.5, 0.6) is 0 Å². The number of likely N-dealkylation sites (tertiary alicyclic amines) is 1. The molecule has 43 heavy (non-hydrogen) atoms. The van der Waals surface area contributed by atoms with Crippen molar-refractivity contribution in [3.05, 3.63) is 41.7 Å². The third kappa shape index (κ3) is 6.11. The average Bonchev–Trinajstić information content (AvgIpc) is 3.65. The molecule has 2 saturated heterocycles. The molecular formula is C25H23F5N6O5S2. The number of carbonyl (C=O) groups is 2. The van der Waals surface area contributed by atoms with Crippen LogP contribution < -0.4 is 10.6 Å². The van der Waals surface area contributed by atoms with Crippen molar-refractivity contribution in [2.45, 2.75) is 41.6 Å². The van der Waals surface area contributed by atoms with E-state index in [1.54, 1.807) is 0 Å². The first-order chi connectivity index (χ1) is 20.1. The molecule has 0 unspecified atom stereocenters. The van der Waals surface area contributed by atoms with Gasteiger partial charge in [0.05, 0.1) is 25.4 Å². The van der Waals surface area contributed by atoms with Gasteiger partial charge in [0, 0.05) is 43.9 Å². The molecule has 0 aliphatic carbocycles. The van der Waals surface area contributed by atoms with E-state index in [9.17, 15) is 40.0 Å². The van der Waals surface area contributed by atoms with Crippen LogP contribution in [-0.4, -0.2) is 79.6 Å². The molecule has 230 valence electrons. The van der Waals surface area contributed by atoms with Gasteiger partial charge in [-0.3, -0.25) is 4.79 Å². The highest BCUT2D eigenvalue weighted by molar-refractivity contribution is 7.92. The van der Waals surface area contributed by atoms with Gasteiger partial charge in [-0.05, 0) is 23.1 Å². The molecule has 4 heterocycles. The lowest BCUT2D eigenvalue weighted by Crippen LogP contribution is -2.45. The fourth-order valence-corrected chi connectivity index (χ4v) is 7.14. The van der Waals surface area contributed by atoms with E-state index in [4.69, 9.17) is 10.5 Å². The number of amides is 1. The number of alkyl halides is 5. The van der Waals surface area contributed by atoms with E-state index < -0.39 is 70.7 Å². The normalized spacial score (nSPS) is 19.0. The van der Waals surface area contributed by atoms with Crippen LogP contribution in [0.3, 0.4) is 0 Å². The van der Waals surface area contributed by atoms with Crippen molar-refractivity contribution in [2.75, 3.05) is 37.4 Å². The zero-order valence-corrected chi connectivity index (χ0v) is 23.9. The van der Waals surface area contributed by atoms with Crippen molar-refractivity contribution in [3.63, 3.8) is 0 Å². The number of carbonyl (C=O) groups excluding carboxylic acids is 2. The summed E-state index contributed by atoms with van der Waals surface area (Å²) in [4.78, 5) is 35.9. The van der Waals surface area contributed by atoms with Gasteiger partial charge in [-0.2, -0.15) is 26.0 Å². The first-order valence-electron chi connectivity index (χ1n) is 12.7. The Hall–Kier alpha value is -3.93. The number of nitrogen functional groups attached to an aromatic ring is 1. The van der Waals surface area contributed by atoms with Crippen LogP contribution in [0.4, 0.5) is 32.9 Å². The second-order valence-corrected chi connectivity index (χ2v) is 12.8. The molecule has 1 aromatic carbocycles. The predicted molar refractivity (Wildman–Crippen MR) is 146 cm³/mol. The summed E-state index contributed by atoms with van der Waals surface area (Å²) < 4.78 is 103. The average molecular weight is 647 g/mol. The number of pyridine rings is 1. The molecule has 3 aromatic rings. The van der Waals surface area contributed by atoms with Gasteiger partial charge in [0.1, 0.15) is 17.6 Å². The van der Waals surface area contributed by atoms with Crippen LogP contribution in [0.1, 0.15) is 24.0 Å². The summed E-state index contributed by atoms with van der Waals surface area (Å²) in [6, 6.07) is 1.92. The highest BCUT2D eigenvalue weighted by Gasteiger charge is 2.42. The number of anilines is 2. The minimum Gasteiger partial charge on any atom is -0.467 e. The molecule has 5 rings (SSSR count). The van der Waals surface area contributed by atoms with E-state index in [1.807, 2.05) is 0 Å². The quantitative estimate of drug-likeness (QED) is 0.302. The van der Waals surface area contributed by atoms with Crippen molar-refractivity contribution < 1.29 is 44.7 Å². The third-order valence-corrected chi connectivity index (χ3v) is 9.89. The number of fused-ring (bicyclic) bond motifs is 1. The Morgan fingerprint density at radius 3 is 2.65 bits per heavy atom. The van der Waals surface area contributed by atoms with Crippen LogP contribution in [-0.2, 0) is 36.9 Å². The van der Waals surface area contributed by atoms with Crippen LogP contribution in [0, 0.1) is 0 Å². The number of hydrogen-bond acceptors (Lipinski definition) is 10. The van der Waals surface area contributed by atoms with Gasteiger partial charge in [-0.25, -0.2) is 23.5 Å². The smallest absolute Gasteiger partial charge is 0.416 e. The fourth-order valence-electron chi connectivity index (χ4n) is 4.98. The molecule has 1 amide bonds. The Balaban J connectivity index is 1.42. The number of benzene rings is 1. The molecule has 18 heteroatoms. The summed E-state index contributed by atoms with van der Waals surface area (Å²) in [5.74, 6) is -5.05. The number of sulfonamides is 1. The molecule has 0 bridgehead atoms. The zero-order valence-electron chi connectivity index (χ0n) is 22.3. The third-order valence-electron chi connectivity index (χ3n) is 7.08. The van der Waals surface area contributed by atoms with E-state index >= 15 is 0 Å². The van der Waals surface area contributed by atoms with Gasteiger partial charge >= 0.3 is 12.1 Å². The number of thiazole rings is 1. The standard InChI is InChI=1S/C25H23F5N6O5S2/c1-41-22(38)18(9-14-8-13-2-5-32-20(31)15(13)10-16(14)25(28,29)30)36-6-3-17(21(36)37)34-43(39,40)19-11-33-23(42-19)35-7-4-24(26,27)12-35/h2,5,8,10-11,18H,3-4,6-7,9,12H2,1H3,(H2,31,32)/t18-/m1/s1. The van der Waals surface area contributed by atoms with Crippen LogP contribution in [0.2, 0.25) is 0 Å². The summed E-state index contributed by atoms with van der Waals surface area (Å²) in [5, 5.41) is 0.422. The number of methoxy groups -OCH3 is 1. The molecule has 0 radical (unpaired) electrons. The highest BCUT2D eigenvalue weighted by atomic mass is 32.2. The van der Waals surface area contributed by atoms with Crippen molar-refractivity contribution >= 4 is 60.7 Å². The molecule has 11 nitrogen and oxygen atoms in total. The first-order valence-corrected chi connectivity index (χ1v) is 14.9. The molecular weight excluding hydrogens is 623 g/mol. The largest absolute Gasteiger partial charge is 0.467 e. The highest BCUT2D eigenvalue weighted by Crippen LogP contribution is 2.38. The summed E-state index contributed by atoms with van der Waals surface area (Å²) >= 11 is 0.613. The molecule has 2 fully saturated rings. The number of rotatable bonds is 7. The molecule has 2 aliphatic rings. The number of aromatic nitrogens is 2. The van der Waals surface area contributed by atoms with Crippen molar-refractivity contribution in [1.29, 1.82) is 0 Å². The predicted octanol–water partition coefficient (Wildman–Crippen LogP) is 3.28. The minimum absolute atomic E-state index is 0.0194. The van der Waals surface area contributed by atoms with Gasteiger partial charge in [0.25, 0.3) is 21.9 Å². The SMILES string of the molecule is COC(=O)[C@@H](Cc1cc2ccnc(N)c2cc1C(F)(F)F)N1CCC(=NS(=O)(=O)c2cnc(N3CCC(F)(F)C3)s2)C1=O. The van der Waals surface area contributed by atoms with Gasteiger partial charge in [0.15, 0.2) is 9.34 Å². The number of nitrogens with zero attached hydrogens (tertiary/aromatic N) is 5. The number of halogens is 5. The Morgan fingerprint density at radius 2 is 2.00 bits per heavy atom. The molecule has 2 N–H and O–H groups in total. The van der Waals surface area contributed by atoms with E-state index in [0.717, 1.165) is 24.3 Å². The fraction of sp³-hybridized carbons (Fsp3) is 0.400.